The van der Waals surface area contributed by atoms with E-state index in [-0.39, 0.29) is 11.4 Å². The van der Waals surface area contributed by atoms with Crippen LogP contribution in [0.4, 0.5) is 4.79 Å². The SMILES string of the molecule is CC(S)[C@@H]1COC(=O)O1. The van der Waals surface area contributed by atoms with E-state index in [0.717, 1.165) is 0 Å². The molecule has 0 N–H and O–H groups in total. The number of carbonyl (C=O) groups is 1. The van der Waals surface area contributed by atoms with Gasteiger partial charge < -0.3 is 9.47 Å². The van der Waals surface area contributed by atoms with E-state index in [1.54, 1.807) is 0 Å². The first-order valence-electron chi connectivity index (χ1n) is 2.71. The summed E-state index contributed by atoms with van der Waals surface area (Å²) >= 11 is 4.08. The van der Waals surface area contributed by atoms with Crippen molar-refractivity contribution in [2.24, 2.45) is 0 Å². The van der Waals surface area contributed by atoms with E-state index in [1.165, 1.54) is 0 Å². The zero-order valence-electron chi connectivity index (χ0n) is 5.03. The lowest BCUT2D eigenvalue weighted by Crippen LogP contribution is -2.20. The summed E-state index contributed by atoms with van der Waals surface area (Å²) in [5.74, 6) is 0. The average Bonchev–Trinajstić information content (AvgIpc) is 2.14. The number of cyclic esters (lactones) is 2. The Labute approximate surface area is 58.7 Å². The van der Waals surface area contributed by atoms with Crippen molar-refractivity contribution in [3.63, 3.8) is 0 Å². The molecule has 4 heteroatoms. The molecule has 52 valence electrons. The summed E-state index contributed by atoms with van der Waals surface area (Å²) in [6.45, 7) is 2.19. The highest BCUT2D eigenvalue weighted by Gasteiger charge is 2.27. The third-order valence-corrected chi connectivity index (χ3v) is 1.48. The first-order chi connectivity index (χ1) is 4.20. The number of carbonyl (C=O) groups excluding carboxylic acids is 1. The molecule has 1 unspecified atom stereocenters. The van der Waals surface area contributed by atoms with Gasteiger partial charge in [0.1, 0.15) is 6.61 Å². The van der Waals surface area contributed by atoms with Crippen LogP contribution in [0.2, 0.25) is 0 Å². The molecule has 0 radical (unpaired) electrons. The van der Waals surface area contributed by atoms with E-state index in [9.17, 15) is 4.79 Å². The molecule has 0 bridgehead atoms. The first-order valence-corrected chi connectivity index (χ1v) is 3.23. The van der Waals surface area contributed by atoms with Gasteiger partial charge in [-0.25, -0.2) is 4.79 Å². The van der Waals surface area contributed by atoms with Gasteiger partial charge in [-0.1, -0.05) is 0 Å². The smallest absolute Gasteiger partial charge is 0.430 e. The van der Waals surface area contributed by atoms with Crippen LogP contribution in [0.15, 0.2) is 0 Å². The summed E-state index contributed by atoms with van der Waals surface area (Å²) < 4.78 is 9.20. The number of hydrogen-bond donors (Lipinski definition) is 1. The lowest BCUT2D eigenvalue weighted by atomic mass is 10.3. The van der Waals surface area contributed by atoms with Gasteiger partial charge in [0.05, 0.1) is 0 Å². The molecule has 2 atom stereocenters. The Balaban J connectivity index is 2.39. The molecule has 0 aromatic heterocycles. The van der Waals surface area contributed by atoms with Crippen molar-refractivity contribution in [1.29, 1.82) is 0 Å². The average molecular weight is 148 g/mol. The van der Waals surface area contributed by atoms with Gasteiger partial charge in [-0.15, -0.1) is 0 Å². The predicted octanol–water partition coefficient (Wildman–Crippen LogP) is 0.840. The zero-order valence-corrected chi connectivity index (χ0v) is 5.93. The van der Waals surface area contributed by atoms with Crippen LogP contribution in [0.5, 0.6) is 0 Å². The van der Waals surface area contributed by atoms with E-state index in [4.69, 9.17) is 0 Å². The number of thiol groups is 1. The molecule has 0 aromatic rings. The fourth-order valence-electron chi connectivity index (χ4n) is 0.580. The van der Waals surface area contributed by atoms with E-state index >= 15 is 0 Å². The summed E-state index contributed by atoms with van der Waals surface area (Å²) in [4.78, 5) is 10.3. The Bertz CT molecular complexity index is 123. The molecule has 3 nitrogen and oxygen atoms in total. The van der Waals surface area contributed by atoms with Crippen molar-refractivity contribution in [1.82, 2.24) is 0 Å². The van der Waals surface area contributed by atoms with Crippen LogP contribution in [0.3, 0.4) is 0 Å². The molecule has 0 aromatic carbocycles. The lowest BCUT2D eigenvalue weighted by molar-refractivity contribution is 0.118. The minimum Gasteiger partial charge on any atom is -0.430 e. The van der Waals surface area contributed by atoms with Gasteiger partial charge in [-0.2, -0.15) is 12.6 Å². The highest BCUT2D eigenvalue weighted by molar-refractivity contribution is 7.81. The van der Waals surface area contributed by atoms with Crippen molar-refractivity contribution in [2.45, 2.75) is 18.3 Å². The molecule has 9 heavy (non-hydrogen) atoms. The van der Waals surface area contributed by atoms with E-state index in [0.29, 0.717) is 6.61 Å². The molecule has 1 aliphatic rings. The topological polar surface area (TPSA) is 35.5 Å². The monoisotopic (exact) mass is 148 g/mol. The molecule has 1 fully saturated rings. The largest absolute Gasteiger partial charge is 0.508 e. The maximum absolute atomic E-state index is 10.3. The first kappa shape index (κ1) is 6.74. The van der Waals surface area contributed by atoms with Crippen LogP contribution < -0.4 is 0 Å². The molecule has 0 spiro atoms. The van der Waals surface area contributed by atoms with Gasteiger partial charge in [0.2, 0.25) is 0 Å². The highest BCUT2D eigenvalue weighted by Crippen LogP contribution is 2.13. The maximum atomic E-state index is 10.3. The van der Waals surface area contributed by atoms with Crippen LogP contribution in [0.25, 0.3) is 0 Å². The third-order valence-electron chi connectivity index (χ3n) is 1.15. The van der Waals surface area contributed by atoms with Crippen molar-refractivity contribution >= 4 is 18.8 Å². The van der Waals surface area contributed by atoms with E-state index < -0.39 is 6.16 Å². The second-order valence-electron chi connectivity index (χ2n) is 1.96. The summed E-state index contributed by atoms with van der Waals surface area (Å²) in [5.41, 5.74) is 0. The molecule has 1 heterocycles. The Morgan fingerprint density at radius 1 is 1.89 bits per heavy atom. The molecule has 1 rings (SSSR count). The molecule has 0 saturated carbocycles. The van der Waals surface area contributed by atoms with E-state index in [1.807, 2.05) is 6.92 Å². The fraction of sp³-hybridized carbons (Fsp3) is 0.800. The zero-order chi connectivity index (χ0) is 6.85. The summed E-state index contributed by atoms with van der Waals surface area (Å²) in [5, 5.41) is 0.0523. The molecular weight excluding hydrogens is 140 g/mol. The Morgan fingerprint density at radius 3 is 2.78 bits per heavy atom. The van der Waals surface area contributed by atoms with Gasteiger partial charge in [0.25, 0.3) is 0 Å². The molecular formula is C5H8O3S. The normalized spacial score (nSPS) is 29.1. The minimum absolute atomic E-state index is 0.0523. The molecule has 1 saturated heterocycles. The second-order valence-corrected chi connectivity index (χ2v) is 2.77. The summed E-state index contributed by atoms with van der Waals surface area (Å²) in [7, 11) is 0. The summed E-state index contributed by atoms with van der Waals surface area (Å²) in [6.07, 6.45) is -0.748. The van der Waals surface area contributed by atoms with Crippen LogP contribution in [-0.2, 0) is 9.47 Å². The number of rotatable bonds is 1. The Morgan fingerprint density at radius 2 is 2.56 bits per heavy atom. The van der Waals surface area contributed by atoms with Gasteiger partial charge in [0, 0.05) is 5.25 Å². The van der Waals surface area contributed by atoms with Gasteiger partial charge in [-0.05, 0) is 6.92 Å². The third kappa shape index (κ3) is 1.51. The number of ether oxygens (including phenoxy) is 2. The van der Waals surface area contributed by atoms with E-state index in [2.05, 4.69) is 22.1 Å². The standard InChI is InChI=1S/C5H8O3S/c1-3(9)4-2-7-5(6)8-4/h3-4,9H,2H2,1H3/t3?,4-/m0/s1. The molecule has 0 amide bonds. The van der Waals surface area contributed by atoms with Crippen molar-refractivity contribution < 1.29 is 14.3 Å². The Hall–Kier alpha value is -0.380. The van der Waals surface area contributed by atoms with Crippen LogP contribution in [0.1, 0.15) is 6.92 Å². The number of hydrogen-bond acceptors (Lipinski definition) is 4. The van der Waals surface area contributed by atoms with Crippen LogP contribution >= 0.6 is 12.6 Å². The fourth-order valence-corrected chi connectivity index (χ4v) is 0.726. The van der Waals surface area contributed by atoms with Crippen LogP contribution in [-0.4, -0.2) is 24.1 Å². The molecule has 0 aliphatic carbocycles. The van der Waals surface area contributed by atoms with Crippen molar-refractivity contribution in [3.05, 3.63) is 0 Å². The van der Waals surface area contributed by atoms with Gasteiger partial charge >= 0.3 is 6.16 Å². The van der Waals surface area contributed by atoms with Crippen LogP contribution in [0, 0.1) is 0 Å². The summed E-state index contributed by atoms with van der Waals surface area (Å²) in [6, 6.07) is 0. The van der Waals surface area contributed by atoms with Crippen molar-refractivity contribution in [3.8, 4) is 0 Å². The quantitative estimate of drug-likeness (QED) is 0.442. The lowest BCUT2D eigenvalue weighted by Gasteiger charge is -2.07. The van der Waals surface area contributed by atoms with Gasteiger partial charge in [0.15, 0.2) is 6.10 Å². The Kier molecular flexibility index (Phi) is 1.85. The minimum atomic E-state index is -0.582. The second kappa shape index (κ2) is 2.47. The maximum Gasteiger partial charge on any atom is 0.508 e. The van der Waals surface area contributed by atoms with Gasteiger partial charge in [-0.3, -0.25) is 0 Å². The molecule has 1 aliphatic heterocycles. The highest BCUT2D eigenvalue weighted by atomic mass is 32.1. The predicted molar refractivity (Wildman–Crippen MR) is 34.7 cm³/mol. The van der Waals surface area contributed by atoms with Crippen molar-refractivity contribution in [2.75, 3.05) is 6.61 Å².